The minimum Gasteiger partial charge on any atom is -0.444 e. The molecule has 1 aromatic rings. The molecule has 2 N–H and O–H groups in total. The lowest BCUT2D eigenvalue weighted by molar-refractivity contribution is 0.0512. The van der Waals surface area contributed by atoms with Gasteiger partial charge in [-0.2, -0.15) is 0 Å². The maximum Gasteiger partial charge on any atom is 0.407 e. The number of halogens is 2. The zero-order chi connectivity index (χ0) is 16.0. The molecule has 0 saturated carbocycles. The van der Waals surface area contributed by atoms with E-state index < -0.39 is 11.7 Å². The molecule has 0 radical (unpaired) electrons. The van der Waals surface area contributed by atoms with E-state index in [0.29, 0.717) is 10.9 Å². The zero-order valence-corrected chi connectivity index (χ0v) is 14.0. The average molecular weight is 362 g/mol. The van der Waals surface area contributed by atoms with Crippen LogP contribution in [-0.2, 0) is 11.2 Å². The van der Waals surface area contributed by atoms with Crippen LogP contribution in [0.4, 0.5) is 9.18 Å². The van der Waals surface area contributed by atoms with E-state index in [1.54, 1.807) is 26.8 Å². The molecule has 0 aliphatic rings. The number of hydrogen-bond acceptors (Lipinski definition) is 3. The van der Waals surface area contributed by atoms with Crippen LogP contribution in [0.2, 0.25) is 0 Å². The number of alkyl carbamates (subject to hydrolysis) is 1. The first kappa shape index (κ1) is 17.9. The van der Waals surface area contributed by atoms with Gasteiger partial charge in [-0.3, -0.25) is 0 Å². The number of ether oxygens (including phenoxy) is 1. The van der Waals surface area contributed by atoms with Crippen molar-refractivity contribution in [1.82, 2.24) is 5.32 Å². The molecule has 0 heterocycles. The van der Waals surface area contributed by atoms with E-state index in [4.69, 9.17) is 4.74 Å². The van der Waals surface area contributed by atoms with E-state index in [-0.39, 0.29) is 24.9 Å². The monoisotopic (exact) mass is 361 g/mol. The second-order valence-electron chi connectivity index (χ2n) is 5.87. The molecule has 4 nitrogen and oxygen atoms in total. The van der Waals surface area contributed by atoms with E-state index in [1.165, 1.54) is 12.1 Å². The highest BCUT2D eigenvalue weighted by Crippen LogP contribution is 2.21. The first-order valence-electron chi connectivity index (χ1n) is 6.73. The van der Waals surface area contributed by atoms with Crippen LogP contribution in [0.15, 0.2) is 22.7 Å². The standard InChI is InChI=1S/C15H21BrFNO3/c1-15(2,3)21-14(20)18-8-10(9-19)6-11-4-5-12(17)7-13(11)16/h4-5,7,10,19H,6,8-9H2,1-3H3,(H,18,20). The van der Waals surface area contributed by atoms with Crippen molar-refractivity contribution in [3.63, 3.8) is 0 Å². The second kappa shape index (κ2) is 7.75. The van der Waals surface area contributed by atoms with Crippen LogP contribution in [0, 0.1) is 11.7 Å². The molecule has 1 atom stereocenters. The molecule has 0 spiro atoms. The van der Waals surface area contributed by atoms with Gasteiger partial charge >= 0.3 is 6.09 Å². The van der Waals surface area contributed by atoms with Crippen molar-refractivity contribution in [3.8, 4) is 0 Å². The topological polar surface area (TPSA) is 58.6 Å². The van der Waals surface area contributed by atoms with Gasteiger partial charge in [0.2, 0.25) is 0 Å². The van der Waals surface area contributed by atoms with Gasteiger partial charge in [0, 0.05) is 23.5 Å². The molecule has 1 amide bonds. The number of aliphatic hydroxyl groups excluding tert-OH is 1. The Labute approximate surface area is 132 Å². The third-order valence-electron chi connectivity index (χ3n) is 2.72. The van der Waals surface area contributed by atoms with Gasteiger partial charge in [0.05, 0.1) is 0 Å². The van der Waals surface area contributed by atoms with Gasteiger partial charge in [0.1, 0.15) is 11.4 Å². The average Bonchev–Trinajstić information content (AvgIpc) is 2.34. The van der Waals surface area contributed by atoms with Crippen LogP contribution in [0.25, 0.3) is 0 Å². The van der Waals surface area contributed by atoms with Crippen LogP contribution in [0.3, 0.4) is 0 Å². The summed E-state index contributed by atoms with van der Waals surface area (Å²) in [6.07, 6.45) is 0.00629. The zero-order valence-electron chi connectivity index (χ0n) is 12.5. The van der Waals surface area contributed by atoms with Crippen LogP contribution in [-0.4, -0.2) is 30.0 Å². The Morgan fingerprint density at radius 1 is 1.48 bits per heavy atom. The quantitative estimate of drug-likeness (QED) is 0.845. The molecule has 0 aromatic heterocycles. The van der Waals surface area contributed by atoms with Crippen LogP contribution < -0.4 is 5.32 Å². The van der Waals surface area contributed by atoms with Crippen molar-refractivity contribution in [2.75, 3.05) is 13.2 Å². The molecule has 0 fully saturated rings. The van der Waals surface area contributed by atoms with Gasteiger partial charge in [0.15, 0.2) is 0 Å². The van der Waals surface area contributed by atoms with Gasteiger partial charge in [-0.15, -0.1) is 0 Å². The van der Waals surface area contributed by atoms with Crippen molar-refractivity contribution < 1.29 is 19.0 Å². The first-order valence-corrected chi connectivity index (χ1v) is 7.52. The van der Waals surface area contributed by atoms with Crippen LogP contribution in [0.1, 0.15) is 26.3 Å². The Morgan fingerprint density at radius 3 is 2.67 bits per heavy atom. The Balaban J connectivity index is 2.54. The maximum atomic E-state index is 13.0. The van der Waals surface area contributed by atoms with Crippen LogP contribution in [0.5, 0.6) is 0 Å². The predicted octanol–water partition coefficient (Wildman–Crippen LogP) is 3.26. The molecule has 0 bridgehead atoms. The fourth-order valence-corrected chi connectivity index (χ4v) is 2.25. The first-order chi connectivity index (χ1) is 9.71. The van der Waals surface area contributed by atoms with Gasteiger partial charge in [0.25, 0.3) is 0 Å². The summed E-state index contributed by atoms with van der Waals surface area (Å²) >= 11 is 3.29. The Morgan fingerprint density at radius 2 is 2.14 bits per heavy atom. The number of aliphatic hydroxyl groups is 1. The SMILES string of the molecule is CC(C)(C)OC(=O)NCC(CO)Cc1ccc(F)cc1Br. The van der Waals surface area contributed by atoms with Crippen molar-refractivity contribution in [1.29, 1.82) is 0 Å². The normalized spacial score (nSPS) is 12.9. The lowest BCUT2D eigenvalue weighted by Crippen LogP contribution is -2.36. The Hall–Kier alpha value is -1.14. The molecule has 1 unspecified atom stereocenters. The van der Waals surface area contributed by atoms with E-state index in [1.807, 2.05) is 0 Å². The molecule has 21 heavy (non-hydrogen) atoms. The largest absolute Gasteiger partial charge is 0.444 e. The molecule has 0 saturated heterocycles. The second-order valence-corrected chi connectivity index (χ2v) is 6.73. The number of rotatable bonds is 5. The lowest BCUT2D eigenvalue weighted by atomic mass is 10.00. The summed E-state index contributed by atoms with van der Waals surface area (Å²) in [6, 6.07) is 4.41. The van der Waals surface area contributed by atoms with Gasteiger partial charge in [-0.05, 0) is 44.9 Å². The van der Waals surface area contributed by atoms with Crippen molar-refractivity contribution in [2.45, 2.75) is 32.8 Å². The minimum atomic E-state index is -0.557. The summed E-state index contributed by atoms with van der Waals surface area (Å²) < 4.78 is 18.8. The Kier molecular flexibility index (Phi) is 6.61. The Bertz CT molecular complexity index is 488. The highest BCUT2D eigenvalue weighted by atomic mass is 79.9. The third kappa shape index (κ3) is 6.91. The summed E-state index contributed by atoms with van der Waals surface area (Å²) in [5.74, 6) is -0.489. The number of hydrogen-bond donors (Lipinski definition) is 2. The maximum absolute atomic E-state index is 13.0. The fraction of sp³-hybridized carbons (Fsp3) is 0.533. The smallest absolute Gasteiger partial charge is 0.407 e. The highest BCUT2D eigenvalue weighted by Gasteiger charge is 2.18. The van der Waals surface area contributed by atoms with E-state index in [0.717, 1.165) is 5.56 Å². The molecule has 0 aliphatic heterocycles. The lowest BCUT2D eigenvalue weighted by Gasteiger charge is -2.21. The van der Waals surface area contributed by atoms with E-state index >= 15 is 0 Å². The highest BCUT2D eigenvalue weighted by molar-refractivity contribution is 9.10. The summed E-state index contributed by atoms with van der Waals surface area (Å²) in [5, 5.41) is 12.0. The molecule has 6 heteroatoms. The summed E-state index contributed by atoms with van der Waals surface area (Å²) in [4.78, 5) is 11.6. The molecule has 1 rings (SSSR count). The third-order valence-corrected chi connectivity index (χ3v) is 3.45. The molecular formula is C15H21BrFNO3. The van der Waals surface area contributed by atoms with E-state index in [2.05, 4.69) is 21.2 Å². The van der Waals surface area contributed by atoms with Gasteiger partial charge < -0.3 is 15.2 Å². The predicted molar refractivity (Wildman–Crippen MR) is 82.6 cm³/mol. The molecule has 1 aromatic carbocycles. The van der Waals surface area contributed by atoms with Gasteiger partial charge in [-0.1, -0.05) is 22.0 Å². The summed E-state index contributed by atoms with van der Waals surface area (Å²) in [5.41, 5.74) is 0.320. The summed E-state index contributed by atoms with van der Waals surface area (Å²) in [6.45, 7) is 5.55. The fourth-order valence-electron chi connectivity index (χ4n) is 1.74. The number of benzene rings is 1. The van der Waals surface area contributed by atoms with E-state index in [9.17, 15) is 14.3 Å². The number of nitrogens with one attached hydrogen (secondary N) is 1. The van der Waals surface area contributed by atoms with Crippen molar-refractivity contribution in [2.24, 2.45) is 5.92 Å². The van der Waals surface area contributed by atoms with Crippen molar-refractivity contribution in [3.05, 3.63) is 34.1 Å². The number of amides is 1. The molecule has 118 valence electrons. The minimum absolute atomic E-state index is 0.0837. The molecule has 0 aliphatic carbocycles. The number of carbonyl (C=O) groups excluding carboxylic acids is 1. The van der Waals surface area contributed by atoms with Crippen molar-refractivity contribution >= 4 is 22.0 Å². The summed E-state index contributed by atoms with van der Waals surface area (Å²) in [7, 11) is 0. The molecular weight excluding hydrogens is 341 g/mol. The van der Waals surface area contributed by atoms with Crippen LogP contribution >= 0.6 is 15.9 Å². The van der Waals surface area contributed by atoms with Gasteiger partial charge in [-0.25, -0.2) is 9.18 Å². The number of carbonyl (C=O) groups is 1.